The Morgan fingerprint density at radius 1 is 1.28 bits per heavy atom. The van der Waals surface area contributed by atoms with Gasteiger partial charge in [0.15, 0.2) is 0 Å². The molecule has 0 amide bonds. The van der Waals surface area contributed by atoms with Crippen LogP contribution < -0.4 is 10.5 Å². The van der Waals surface area contributed by atoms with E-state index in [1.165, 1.54) is 0 Å². The van der Waals surface area contributed by atoms with Crippen LogP contribution in [0.15, 0.2) is 53.7 Å². The third-order valence-corrected chi connectivity index (χ3v) is 3.39. The molecular formula is C14H16N2OS. The fourth-order valence-electron chi connectivity index (χ4n) is 1.69. The van der Waals surface area contributed by atoms with E-state index in [0.717, 1.165) is 16.2 Å². The minimum Gasteiger partial charge on any atom is -0.483 e. The molecule has 0 saturated heterocycles. The Balaban J connectivity index is 2.21. The number of aromatic nitrogens is 1. The van der Waals surface area contributed by atoms with E-state index in [4.69, 9.17) is 10.5 Å². The second-order valence-corrected chi connectivity index (χ2v) is 4.63. The van der Waals surface area contributed by atoms with E-state index in [2.05, 4.69) is 4.98 Å². The first-order valence-corrected chi connectivity index (χ1v) is 6.97. The topological polar surface area (TPSA) is 48.1 Å². The molecule has 2 rings (SSSR count). The van der Waals surface area contributed by atoms with Crippen molar-refractivity contribution in [2.75, 3.05) is 12.8 Å². The SMILES string of the molecule is CSc1ccccc1OC(CN)c1cccnc1. The first kappa shape index (κ1) is 12.9. The number of ether oxygens (including phenoxy) is 1. The van der Waals surface area contributed by atoms with Crippen molar-refractivity contribution in [3.63, 3.8) is 0 Å². The molecule has 0 aliphatic rings. The lowest BCUT2D eigenvalue weighted by Gasteiger charge is -2.19. The second-order valence-electron chi connectivity index (χ2n) is 3.78. The van der Waals surface area contributed by atoms with Crippen molar-refractivity contribution in [2.24, 2.45) is 5.73 Å². The smallest absolute Gasteiger partial charge is 0.137 e. The number of hydrogen-bond acceptors (Lipinski definition) is 4. The van der Waals surface area contributed by atoms with Gasteiger partial charge in [-0.25, -0.2) is 0 Å². The molecule has 3 nitrogen and oxygen atoms in total. The molecule has 2 aromatic rings. The van der Waals surface area contributed by atoms with E-state index in [1.54, 1.807) is 24.2 Å². The van der Waals surface area contributed by atoms with E-state index in [0.29, 0.717) is 6.54 Å². The average Bonchev–Trinajstić information content (AvgIpc) is 2.46. The number of nitrogens with zero attached hydrogens (tertiary/aromatic N) is 1. The van der Waals surface area contributed by atoms with Gasteiger partial charge >= 0.3 is 0 Å². The Kier molecular flexibility index (Phi) is 4.61. The minimum absolute atomic E-state index is 0.160. The molecular weight excluding hydrogens is 244 g/mol. The largest absolute Gasteiger partial charge is 0.483 e. The number of benzene rings is 1. The van der Waals surface area contributed by atoms with Crippen molar-refractivity contribution in [3.8, 4) is 5.75 Å². The van der Waals surface area contributed by atoms with Crippen LogP contribution in [0.3, 0.4) is 0 Å². The van der Waals surface area contributed by atoms with Crippen molar-refractivity contribution in [1.82, 2.24) is 4.98 Å². The predicted molar refractivity (Wildman–Crippen MR) is 74.9 cm³/mol. The van der Waals surface area contributed by atoms with Crippen LogP contribution in [-0.4, -0.2) is 17.8 Å². The Hall–Kier alpha value is -1.52. The van der Waals surface area contributed by atoms with Crippen LogP contribution in [-0.2, 0) is 0 Å². The maximum Gasteiger partial charge on any atom is 0.137 e. The van der Waals surface area contributed by atoms with Gasteiger partial charge in [0.05, 0.1) is 0 Å². The summed E-state index contributed by atoms with van der Waals surface area (Å²) in [5, 5.41) is 0. The first-order chi connectivity index (χ1) is 8.85. The molecule has 1 aromatic carbocycles. The Labute approximate surface area is 111 Å². The van der Waals surface area contributed by atoms with Gasteiger partial charge in [0, 0.05) is 29.4 Å². The summed E-state index contributed by atoms with van der Waals surface area (Å²) in [4.78, 5) is 5.21. The number of pyridine rings is 1. The lowest BCUT2D eigenvalue weighted by molar-refractivity contribution is 0.208. The average molecular weight is 260 g/mol. The van der Waals surface area contributed by atoms with Crippen LogP contribution in [0.1, 0.15) is 11.7 Å². The maximum atomic E-state index is 5.99. The summed E-state index contributed by atoms with van der Waals surface area (Å²) in [5.74, 6) is 0.865. The number of nitrogens with two attached hydrogens (primary N) is 1. The summed E-state index contributed by atoms with van der Waals surface area (Å²) in [6.07, 6.45) is 5.41. The van der Waals surface area contributed by atoms with Gasteiger partial charge in [-0.05, 0) is 24.5 Å². The Morgan fingerprint density at radius 3 is 2.78 bits per heavy atom. The number of thioether (sulfide) groups is 1. The summed E-state index contributed by atoms with van der Waals surface area (Å²) in [5.41, 5.74) is 6.78. The molecule has 4 heteroatoms. The van der Waals surface area contributed by atoms with E-state index in [1.807, 2.05) is 42.7 Å². The second kappa shape index (κ2) is 6.42. The van der Waals surface area contributed by atoms with Gasteiger partial charge in [-0.1, -0.05) is 18.2 Å². The Bertz CT molecular complexity index is 490. The third-order valence-electron chi connectivity index (χ3n) is 2.61. The quantitative estimate of drug-likeness (QED) is 0.840. The fraction of sp³-hybridized carbons (Fsp3) is 0.214. The molecule has 0 saturated carbocycles. The third kappa shape index (κ3) is 3.03. The molecule has 0 aliphatic heterocycles. The summed E-state index contributed by atoms with van der Waals surface area (Å²) in [6.45, 7) is 0.425. The van der Waals surface area contributed by atoms with Gasteiger partial charge in [-0.2, -0.15) is 0 Å². The molecule has 94 valence electrons. The van der Waals surface area contributed by atoms with E-state index >= 15 is 0 Å². The first-order valence-electron chi connectivity index (χ1n) is 5.75. The molecule has 0 aliphatic carbocycles. The highest BCUT2D eigenvalue weighted by molar-refractivity contribution is 7.98. The van der Waals surface area contributed by atoms with Crippen LogP contribution in [0.4, 0.5) is 0 Å². The van der Waals surface area contributed by atoms with Crippen LogP contribution in [0, 0.1) is 0 Å². The molecule has 0 fully saturated rings. The lowest BCUT2D eigenvalue weighted by Crippen LogP contribution is -2.18. The predicted octanol–water partition coefficient (Wildman–Crippen LogP) is 2.88. The zero-order chi connectivity index (χ0) is 12.8. The van der Waals surface area contributed by atoms with E-state index in [-0.39, 0.29) is 6.10 Å². The van der Waals surface area contributed by atoms with Crippen LogP contribution >= 0.6 is 11.8 Å². The van der Waals surface area contributed by atoms with Crippen molar-refractivity contribution in [2.45, 2.75) is 11.0 Å². The van der Waals surface area contributed by atoms with Crippen LogP contribution in [0.2, 0.25) is 0 Å². The van der Waals surface area contributed by atoms with Crippen molar-refractivity contribution >= 4 is 11.8 Å². The monoisotopic (exact) mass is 260 g/mol. The number of hydrogen-bond donors (Lipinski definition) is 1. The number of para-hydroxylation sites is 1. The summed E-state index contributed by atoms with van der Waals surface area (Å²) in [6, 6.07) is 11.8. The fourth-order valence-corrected chi connectivity index (χ4v) is 2.22. The number of rotatable bonds is 5. The molecule has 1 aromatic heterocycles. The maximum absolute atomic E-state index is 5.99. The highest BCUT2D eigenvalue weighted by Gasteiger charge is 2.13. The van der Waals surface area contributed by atoms with Gasteiger partial charge in [-0.15, -0.1) is 11.8 Å². The minimum atomic E-state index is -0.160. The Morgan fingerprint density at radius 2 is 2.11 bits per heavy atom. The van der Waals surface area contributed by atoms with Crippen LogP contribution in [0.25, 0.3) is 0 Å². The molecule has 2 N–H and O–H groups in total. The highest BCUT2D eigenvalue weighted by atomic mass is 32.2. The normalized spacial score (nSPS) is 12.1. The van der Waals surface area contributed by atoms with Crippen molar-refractivity contribution < 1.29 is 4.74 Å². The van der Waals surface area contributed by atoms with Gasteiger partial charge in [-0.3, -0.25) is 4.98 Å². The van der Waals surface area contributed by atoms with Crippen molar-refractivity contribution in [1.29, 1.82) is 0 Å². The lowest BCUT2D eigenvalue weighted by atomic mass is 10.1. The van der Waals surface area contributed by atoms with E-state index in [9.17, 15) is 0 Å². The van der Waals surface area contributed by atoms with Crippen molar-refractivity contribution in [3.05, 3.63) is 54.4 Å². The standard InChI is InChI=1S/C14H16N2OS/c1-18-14-7-3-2-6-12(14)17-13(9-15)11-5-4-8-16-10-11/h2-8,10,13H,9,15H2,1H3. The summed E-state index contributed by atoms with van der Waals surface area (Å²) >= 11 is 1.66. The molecule has 0 bridgehead atoms. The van der Waals surface area contributed by atoms with Crippen LogP contribution in [0.5, 0.6) is 5.75 Å². The summed E-state index contributed by atoms with van der Waals surface area (Å²) < 4.78 is 5.99. The highest BCUT2D eigenvalue weighted by Crippen LogP contribution is 2.30. The van der Waals surface area contributed by atoms with E-state index < -0.39 is 0 Å². The zero-order valence-corrected chi connectivity index (χ0v) is 11.1. The molecule has 0 radical (unpaired) electrons. The van der Waals surface area contributed by atoms with Gasteiger partial charge < -0.3 is 10.5 Å². The molecule has 1 heterocycles. The molecule has 0 spiro atoms. The molecule has 1 unspecified atom stereocenters. The van der Waals surface area contributed by atoms with Gasteiger partial charge in [0.2, 0.25) is 0 Å². The summed E-state index contributed by atoms with van der Waals surface area (Å²) in [7, 11) is 0. The van der Waals surface area contributed by atoms with Gasteiger partial charge in [0.25, 0.3) is 0 Å². The zero-order valence-electron chi connectivity index (χ0n) is 10.2. The molecule has 1 atom stereocenters. The van der Waals surface area contributed by atoms with Gasteiger partial charge in [0.1, 0.15) is 11.9 Å². The molecule has 18 heavy (non-hydrogen) atoms.